The number of ketones is 2. The molecule has 36 heavy (non-hydrogen) atoms. The Morgan fingerprint density at radius 2 is 1.42 bits per heavy atom. The van der Waals surface area contributed by atoms with Crippen LogP contribution in [0.1, 0.15) is 44.7 Å². The van der Waals surface area contributed by atoms with Gasteiger partial charge in [0.25, 0.3) is 0 Å². The topological polar surface area (TPSA) is 98.1 Å². The van der Waals surface area contributed by atoms with E-state index in [2.05, 4.69) is 0 Å². The van der Waals surface area contributed by atoms with Crippen LogP contribution in [0, 0.1) is 24.6 Å². The molecule has 3 aromatic rings. The van der Waals surface area contributed by atoms with Crippen molar-refractivity contribution in [3.05, 3.63) is 94.8 Å². The van der Waals surface area contributed by atoms with Crippen molar-refractivity contribution in [2.75, 3.05) is 19.6 Å². The molecule has 6 nitrogen and oxygen atoms in total. The maximum Gasteiger partial charge on any atom is 0.167 e. The Hall–Kier alpha value is -3.55. The number of likely N-dealkylation sites (tertiary alicyclic amines) is 1. The van der Waals surface area contributed by atoms with E-state index in [-0.39, 0.29) is 42.7 Å². The first kappa shape index (κ1) is 25.5. The molecule has 0 amide bonds. The van der Waals surface area contributed by atoms with E-state index in [1.54, 1.807) is 50.2 Å². The number of hydrogen-bond donors (Lipinski definition) is 3. The van der Waals surface area contributed by atoms with Gasteiger partial charge in [-0.2, -0.15) is 0 Å². The van der Waals surface area contributed by atoms with Gasteiger partial charge in [0.1, 0.15) is 17.3 Å². The van der Waals surface area contributed by atoms with Crippen LogP contribution in [0.4, 0.5) is 4.39 Å². The van der Waals surface area contributed by atoms with Crippen molar-refractivity contribution in [2.24, 2.45) is 11.8 Å². The number of rotatable bonds is 7. The number of aromatic hydroxyl groups is 2. The Kier molecular flexibility index (Phi) is 7.52. The monoisotopic (exact) mass is 491 g/mol. The predicted molar refractivity (Wildman–Crippen MR) is 134 cm³/mol. The second-order valence-electron chi connectivity index (χ2n) is 9.59. The number of β-amino-alcohol motifs (C(OH)–C–C–N with tert-alkyl or cyclic N) is 1. The highest BCUT2D eigenvalue weighted by Crippen LogP contribution is 2.42. The first-order valence-electron chi connectivity index (χ1n) is 12.0. The van der Waals surface area contributed by atoms with Gasteiger partial charge in [0.2, 0.25) is 0 Å². The maximum atomic E-state index is 14.7. The number of halogens is 1. The highest BCUT2D eigenvalue weighted by Gasteiger charge is 2.45. The average Bonchev–Trinajstić information content (AvgIpc) is 2.84. The number of hydrogen-bond acceptors (Lipinski definition) is 6. The zero-order valence-electron chi connectivity index (χ0n) is 20.3. The third-order valence-corrected chi connectivity index (χ3v) is 6.90. The molecular formula is C29H30FNO5. The average molecular weight is 492 g/mol. The smallest absolute Gasteiger partial charge is 0.167 e. The summed E-state index contributed by atoms with van der Waals surface area (Å²) < 4.78 is 14.7. The molecule has 0 aliphatic carbocycles. The SMILES string of the molecule is Cc1c(F)cccc1[C@@H]1[C@@H](C(=O)c2cccc(O)c2)CN(C[C@@H](C)O)C[C@H]1C(=O)c1cccc(O)c1. The molecule has 0 aromatic heterocycles. The molecule has 1 aliphatic rings. The number of nitrogens with zero attached hydrogens (tertiary/aromatic N) is 1. The predicted octanol–water partition coefficient (Wildman–Crippen LogP) is 4.32. The summed E-state index contributed by atoms with van der Waals surface area (Å²) in [6.07, 6.45) is -0.689. The summed E-state index contributed by atoms with van der Waals surface area (Å²) in [5.41, 5.74) is 1.53. The highest BCUT2D eigenvalue weighted by atomic mass is 19.1. The van der Waals surface area contributed by atoms with Crippen molar-refractivity contribution in [3.63, 3.8) is 0 Å². The van der Waals surface area contributed by atoms with Crippen LogP contribution in [0.5, 0.6) is 11.5 Å². The number of Topliss-reactive ketones (excluding diaryl/α,β-unsaturated/α-hetero) is 2. The molecule has 3 N–H and O–H groups in total. The normalized spacial score (nSPS) is 21.2. The first-order chi connectivity index (χ1) is 17.2. The van der Waals surface area contributed by atoms with Gasteiger partial charge in [0.15, 0.2) is 11.6 Å². The Balaban J connectivity index is 1.87. The van der Waals surface area contributed by atoms with Crippen molar-refractivity contribution >= 4 is 11.6 Å². The molecule has 3 aromatic carbocycles. The molecule has 0 unspecified atom stereocenters. The van der Waals surface area contributed by atoms with E-state index >= 15 is 0 Å². The summed E-state index contributed by atoms with van der Waals surface area (Å²) in [7, 11) is 0. The van der Waals surface area contributed by atoms with E-state index in [9.17, 15) is 29.3 Å². The Morgan fingerprint density at radius 1 is 0.917 bits per heavy atom. The largest absolute Gasteiger partial charge is 0.508 e. The summed E-state index contributed by atoms with van der Waals surface area (Å²) in [6, 6.07) is 16.8. The van der Waals surface area contributed by atoms with Crippen LogP contribution < -0.4 is 0 Å². The molecule has 1 saturated heterocycles. The zero-order valence-corrected chi connectivity index (χ0v) is 20.3. The molecule has 4 atom stereocenters. The highest BCUT2D eigenvalue weighted by molar-refractivity contribution is 6.02. The van der Waals surface area contributed by atoms with Crippen molar-refractivity contribution in [2.45, 2.75) is 25.9 Å². The molecule has 1 heterocycles. The molecule has 0 spiro atoms. The van der Waals surface area contributed by atoms with Gasteiger partial charge in [-0.25, -0.2) is 4.39 Å². The van der Waals surface area contributed by atoms with Gasteiger partial charge in [-0.15, -0.1) is 0 Å². The minimum Gasteiger partial charge on any atom is -0.508 e. The quantitative estimate of drug-likeness (QED) is 0.426. The van der Waals surface area contributed by atoms with Gasteiger partial charge in [-0.1, -0.05) is 36.4 Å². The van der Waals surface area contributed by atoms with E-state index in [4.69, 9.17) is 0 Å². The van der Waals surface area contributed by atoms with E-state index in [0.717, 1.165) is 0 Å². The fourth-order valence-corrected chi connectivity index (χ4v) is 5.32. The van der Waals surface area contributed by atoms with Crippen LogP contribution in [-0.2, 0) is 0 Å². The van der Waals surface area contributed by atoms with Crippen LogP contribution >= 0.6 is 0 Å². The lowest BCUT2D eigenvalue weighted by molar-refractivity contribution is 0.0431. The fraction of sp³-hybridized carbons (Fsp3) is 0.310. The lowest BCUT2D eigenvalue weighted by atomic mass is 9.67. The minimum absolute atomic E-state index is 0.0524. The van der Waals surface area contributed by atoms with E-state index in [0.29, 0.717) is 22.3 Å². The molecule has 0 radical (unpaired) electrons. The fourth-order valence-electron chi connectivity index (χ4n) is 5.32. The second-order valence-corrected chi connectivity index (χ2v) is 9.59. The standard InChI is InChI=1S/C29H30FNO5/c1-17(32)14-31-15-24(28(35)19-6-3-8-21(33)12-19)27(23-10-5-11-26(30)18(23)2)25(16-31)29(36)20-7-4-9-22(34)13-20/h3-13,17,24-25,27,32-34H,14-16H2,1-2H3/t17-,24-,25+,27+/m1/s1. The molecule has 1 aliphatic heterocycles. The summed E-state index contributed by atoms with van der Waals surface area (Å²) in [5, 5.41) is 30.1. The molecule has 188 valence electrons. The summed E-state index contributed by atoms with van der Waals surface area (Å²) in [5.74, 6) is -3.22. The van der Waals surface area contributed by atoms with Gasteiger partial charge in [0, 0.05) is 48.5 Å². The number of phenols is 2. The summed E-state index contributed by atoms with van der Waals surface area (Å²) in [6.45, 7) is 4.04. The lowest BCUT2D eigenvalue weighted by Gasteiger charge is -2.44. The third kappa shape index (κ3) is 5.32. The van der Waals surface area contributed by atoms with Gasteiger partial charge < -0.3 is 15.3 Å². The number of benzene rings is 3. The van der Waals surface area contributed by atoms with Crippen LogP contribution in [0.3, 0.4) is 0 Å². The van der Waals surface area contributed by atoms with E-state index in [1.807, 2.05) is 4.90 Å². The maximum absolute atomic E-state index is 14.7. The van der Waals surface area contributed by atoms with Crippen molar-refractivity contribution in [3.8, 4) is 11.5 Å². The minimum atomic E-state index is -0.744. The number of aliphatic hydroxyl groups is 1. The number of carbonyl (C=O) groups excluding carboxylic acids is 2. The Labute approximate surface area is 209 Å². The summed E-state index contributed by atoms with van der Waals surface area (Å²) >= 11 is 0. The molecule has 0 bridgehead atoms. The number of piperidine rings is 1. The summed E-state index contributed by atoms with van der Waals surface area (Å²) in [4.78, 5) is 29.6. The van der Waals surface area contributed by atoms with Crippen molar-refractivity contribution in [1.29, 1.82) is 0 Å². The second kappa shape index (κ2) is 10.6. The number of carbonyl (C=O) groups is 2. The van der Waals surface area contributed by atoms with Crippen LogP contribution in [0.2, 0.25) is 0 Å². The first-order valence-corrected chi connectivity index (χ1v) is 12.0. The van der Waals surface area contributed by atoms with Gasteiger partial charge in [-0.05, 0) is 55.3 Å². The molecule has 4 rings (SSSR count). The van der Waals surface area contributed by atoms with Gasteiger partial charge in [-0.3, -0.25) is 14.5 Å². The Morgan fingerprint density at radius 3 is 1.89 bits per heavy atom. The van der Waals surface area contributed by atoms with Crippen molar-refractivity contribution < 1.29 is 29.3 Å². The van der Waals surface area contributed by atoms with Crippen molar-refractivity contribution in [1.82, 2.24) is 4.90 Å². The van der Waals surface area contributed by atoms with Gasteiger partial charge >= 0.3 is 0 Å². The van der Waals surface area contributed by atoms with Crippen LogP contribution in [0.25, 0.3) is 0 Å². The lowest BCUT2D eigenvalue weighted by Crippen LogP contribution is -2.52. The van der Waals surface area contributed by atoms with E-state index < -0.39 is 29.7 Å². The zero-order chi connectivity index (χ0) is 26.0. The molecule has 0 saturated carbocycles. The molecule has 7 heteroatoms. The van der Waals surface area contributed by atoms with Crippen LogP contribution in [-0.4, -0.2) is 57.5 Å². The third-order valence-electron chi connectivity index (χ3n) is 6.90. The molecular weight excluding hydrogens is 461 g/mol. The van der Waals surface area contributed by atoms with Crippen LogP contribution in [0.15, 0.2) is 66.7 Å². The molecule has 1 fully saturated rings. The Bertz CT molecular complexity index is 1210. The number of aliphatic hydroxyl groups excluding tert-OH is 1. The number of phenolic OH excluding ortho intramolecular Hbond substituents is 2. The van der Waals surface area contributed by atoms with E-state index in [1.165, 1.54) is 30.3 Å². The van der Waals surface area contributed by atoms with Gasteiger partial charge in [0.05, 0.1) is 6.10 Å².